The second kappa shape index (κ2) is 16.4. The van der Waals surface area contributed by atoms with Crippen LogP contribution in [0.5, 0.6) is 11.6 Å². The SMILES string of the molecule is CNCCc1c(F)c2c(c(OCc3ccccc3)c1NC(C)=O)C(O)=C1C(=O)[C@]3(O[Si](C)(C)C(C)(C)C)C(=O)c4c(OCc5ccccc5)noc4[C@@H](N(C)C)[C@@H]3C[C@@H]1C2. The first-order chi connectivity index (χ1) is 28.4. The van der Waals surface area contributed by atoms with Gasteiger partial charge in [0.05, 0.1) is 17.3 Å². The van der Waals surface area contributed by atoms with Crippen LogP contribution in [-0.2, 0) is 40.1 Å². The molecule has 0 aliphatic heterocycles. The van der Waals surface area contributed by atoms with E-state index in [4.69, 9.17) is 18.4 Å². The van der Waals surface area contributed by atoms with Crippen molar-refractivity contribution in [2.45, 2.75) is 89.9 Å². The Balaban J connectivity index is 1.46. The number of aliphatic hydroxyl groups excluding tert-OH is 1. The van der Waals surface area contributed by atoms with Crippen molar-refractivity contribution in [2.24, 2.45) is 11.8 Å². The standard InChI is InChI=1S/C46H55FN4O8Si/c1-26(52)49-37-30(20-21-48-5)36(47)31-22-29-23-32-38(51(6)7)41-35(44(50-58-41)57-25-28-18-14-11-15-19-28)43(55)46(32,59-60(8,9)45(2,3)4)42(54)33(29)39(53)34(31)40(37)56-24-27-16-12-10-13-17-27/h10-19,29,32,38,48,53H,20-25H2,1-9H3,(H,49,52)/t29-,32-,38-,46-/m0/s1. The van der Waals surface area contributed by atoms with Gasteiger partial charge in [-0.2, -0.15) is 0 Å². The number of ketones is 2. The fourth-order valence-corrected chi connectivity index (χ4v) is 10.2. The topological polar surface area (TPSA) is 152 Å². The molecule has 1 fully saturated rings. The first kappa shape index (κ1) is 43.0. The molecular formula is C46H55FN4O8Si. The highest BCUT2D eigenvalue weighted by Crippen LogP contribution is 2.60. The number of likely N-dealkylation sites (N-methyl/N-ethyl adjacent to an activating group) is 1. The average Bonchev–Trinajstić information content (AvgIpc) is 3.61. The van der Waals surface area contributed by atoms with E-state index in [-0.39, 0.29) is 83.4 Å². The Bertz CT molecular complexity index is 2340. The monoisotopic (exact) mass is 838 g/mol. The van der Waals surface area contributed by atoms with Crippen LogP contribution in [0.2, 0.25) is 18.1 Å². The van der Waals surface area contributed by atoms with Gasteiger partial charge in [-0.3, -0.25) is 19.3 Å². The number of carbonyl (C=O) groups excluding carboxylic acids is 3. The van der Waals surface area contributed by atoms with Crippen molar-refractivity contribution < 1.29 is 42.3 Å². The van der Waals surface area contributed by atoms with E-state index in [2.05, 4.69) is 15.8 Å². The molecule has 1 heterocycles. The van der Waals surface area contributed by atoms with E-state index >= 15 is 14.0 Å². The van der Waals surface area contributed by atoms with Gasteiger partial charge in [0.1, 0.15) is 30.4 Å². The lowest BCUT2D eigenvalue weighted by atomic mass is 9.57. The molecule has 0 saturated heterocycles. The number of fused-ring (bicyclic) bond motifs is 4. The van der Waals surface area contributed by atoms with Gasteiger partial charge < -0.3 is 34.2 Å². The highest BCUT2D eigenvalue weighted by atomic mass is 28.4. The normalized spacial score (nSPS) is 21.3. The molecule has 0 radical (unpaired) electrons. The Labute approximate surface area is 351 Å². The van der Waals surface area contributed by atoms with Gasteiger partial charge in [0.25, 0.3) is 5.88 Å². The molecule has 0 spiro atoms. The molecule has 0 unspecified atom stereocenters. The van der Waals surface area contributed by atoms with E-state index in [1.54, 1.807) is 7.05 Å². The van der Waals surface area contributed by atoms with Gasteiger partial charge in [-0.05, 0) is 87.3 Å². The molecule has 3 aromatic carbocycles. The summed E-state index contributed by atoms with van der Waals surface area (Å²) >= 11 is 0. The summed E-state index contributed by atoms with van der Waals surface area (Å²) in [5.74, 6) is -4.27. The summed E-state index contributed by atoms with van der Waals surface area (Å²) in [5.41, 5.74) is -0.138. The van der Waals surface area contributed by atoms with Crippen molar-refractivity contribution in [3.8, 4) is 11.6 Å². The molecule has 1 aromatic heterocycles. The Hall–Kier alpha value is -5.15. The van der Waals surface area contributed by atoms with Crippen LogP contribution < -0.4 is 20.1 Å². The van der Waals surface area contributed by atoms with Crippen molar-refractivity contribution in [3.63, 3.8) is 0 Å². The number of ether oxygens (including phenoxy) is 2. The third kappa shape index (κ3) is 7.37. The zero-order valence-corrected chi connectivity index (χ0v) is 36.8. The maximum absolute atomic E-state index is 17.2. The van der Waals surface area contributed by atoms with Gasteiger partial charge in [0.15, 0.2) is 25.4 Å². The number of aliphatic hydroxyl groups is 1. The number of amides is 1. The molecule has 318 valence electrons. The summed E-state index contributed by atoms with van der Waals surface area (Å²) in [4.78, 5) is 46.2. The molecule has 7 rings (SSSR count). The number of Topliss-reactive ketones (excluding diaryl/α,β-unsaturated/α-hetero) is 2. The molecule has 3 N–H and O–H groups in total. The van der Waals surface area contributed by atoms with Crippen molar-refractivity contribution >= 4 is 37.2 Å². The molecule has 60 heavy (non-hydrogen) atoms. The molecule has 14 heteroatoms. The van der Waals surface area contributed by atoms with Gasteiger partial charge in [-0.15, -0.1) is 0 Å². The zero-order chi connectivity index (χ0) is 43.3. The van der Waals surface area contributed by atoms with E-state index in [0.29, 0.717) is 6.54 Å². The lowest BCUT2D eigenvalue weighted by Crippen LogP contribution is -2.68. The van der Waals surface area contributed by atoms with E-state index in [1.807, 2.05) is 114 Å². The van der Waals surface area contributed by atoms with Crippen LogP contribution in [0.3, 0.4) is 0 Å². The van der Waals surface area contributed by atoms with Crippen molar-refractivity contribution in [1.82, 2.24) is 15.4 Å². The Morgan fingerprint density at radius 3 is 2.18 bits per heavy atom. The fraction of sp³-hybridized carbons (Fsp3) is 0.435. The van der Waals surface area contributed by atoms with Crippen molar-refractivity contribution in [3.05, 3.63) is 111 Å². The molecular weight excluding hydrogens is 784 g/mol. The first-order valence-electron chi connectivity index (χ1n) is 20.4. The number of nitrogens with one attached hydrogen (secondary N) is 2. The van der Waals surface area contributed by atoms with E-state index in [1.165, 1.54) is 6.92 Å². The number of aromatic nitrogens is 1. The summed E-state index contributed by atoms with van der Waals surface area (Å²) in [6.07, 6.45) is 0.365. The summed E-state index contributed by atoms with van der Waals surface area (Å²) < 4.78 is 43.1. The highest BCUT2D eigenvalue weighted by molar-refractivity contribution is 6.74. The third-order valence-electron chi connectivity index (χ3n) is 12.6. The Morgan fingerprint density at radius 1 is 1.00 bits per heavy atom. The predicted octanol–water partition coefficient (Wildman–Crippen LogP) is 7.98. The second-order valence-corrected chi connectivity index (χ2v) is 22.6. The van der Waals surface area contributed by atoms with Crippen LogP contribution >= 0.6 is 0 Å². The van der Waals surface area contributed by atoms with Crippen LogP contribution in [0.15, 0.2) is 70.8 Å². The van der Waals surface area contributed by atoms with Crippen LogP contribution in [-0.4, -0.2) is 74.2 Å². The number of rotatable bonds is 13. The van der Waals surface area contributed by atoms with Crippen LogP contribution in [0, 0.1) is 17.7 Å². The first-order valence-corrected chi connectivity index (χ1v) is 23.4. The minimum Gasteiger partial charge on any atom is -0.507 e. The van der Waals surface area contributed by atoms with Gasteiger partial charge in [0, 0.05) is 29.5 Å². The average molecular weight is 839 g/mol. The number of nitrogens with zero attached hydrogens (tertiary/aromatic N) is 2. The number of halogens is 1. The quantitative estimate of drug-likeness (QED) is 0.0888. The predicted molar refractivity (Wildman–Crippen MR) is 228 cm³/mol. The molecule has 12 nitrogen and oxygen atoms in total. The minimum atomic E-state index is -3.01. The van der Waals surface area contributed by atoms with E-state index < -0.39 is 65.9 Å². The van der Waals surface area contributed by atoms with Crippen LogP contribution in [0.4, 0.5) is 10.1 Å². The molecule has 4 atom stereocenters. The summed E-state index contributed by atoms with van der Waals surface area (Å²) in [6.45, 7) is 11.8. The third-order valence-corrected chi connectivity index (χ3v) is 17.1. The molecule has 1 amide bonds. The lowest BCUT2D eigenvalue weighted by Gasteiger charge is -2.55. The number of anilines is 1. The second-order valence-electron chi connectivity index (χ2n) is 17.8. The van der Waals surface area contributed by atoms with Gasteiger partial charge in [0.2, 0.25) is 17.5 Å². The molecule has 3 aliphatic rings. The zero-order valence-electron chi connectivity index (χ0n) is 35.8. The Kier molecular flexibility index (Phi) is 11.7. The lowest BCUT2D eigenvalue weighted by molar-refractivity contribution is -0.140. The van der Waals surface area contributed by atoms with Gasteiger partial charge >= 0.3 is 0 Å². The summed E-state index contributed by atoms with van der Waals surface area (Å²) in [5, 5.41) is 22.3. The maximum Gasteiger partial charge on any atom is 0.265 e. The van der Waals surface area contributed by atoms with E-state index in [0.717, 1.165) is 11.1 Å². The van der Waals surface area contributed by atoms with Gasteiger partial charge in [-0.1, -0.05) is 81.4 Å². The smallest absolute Gasteiger partial charge is 0.265 e. The van der Waals surface area contributed by atoms with Crippen molar-refractivity contribution in [2.75, 3.05) is 33.0 Å². The Morgan fingerprint density at radius 2 is 1.62 bits per heavy atom. The maximum atomic E-state index is 17.2. The summed E-state index contributed by atoms with van der Waals surface area (Å²) in [7, 11) is 2.42. The highest BCUT2D eigenvalue weighted by Gasteiger charge is 2.69. The van der Waals surface area contributed by atoms with E-state index in [9.17, 15) is 9.90 Å². The fourth-order valence-electron chi connectivity index (χ4n) is 8.75. The molecule has 4 aromatic rings. The molecule has 1 saturated carbocycles. The number of hydrogen-bond donors (Lipinski definition) is 3. The molecule has 3 aliphatic carbocycles. The summed E-state index contributed by atoms with van der Waals surface area (Å²) in [6, 6.07) is 18.0. The minimum absolute atomic E-state index is 0.0105. The van der Waals surface area contributed by atoms with Crippen LogP contribution in [0.25, 0.3) is 5.76 Å². The number of benzene rings is 3. The largest absolute Gasteiger partial charge is 0.507 e. The number of hydrogen-bond acceptors (Lipinski definition) is 11. The van der Waals surface area contributed by atoms with Gasteiger partial charge in [-0.25, -0.2) is 4.39 Å². The van der Waals surface area contributed by atoms with Crippen molar-refractivity contribution in [1.29, 1.82) is 0 Å². The molecule has 0 bridgehead atoms. The van der Waals surface area contributed by atoms with Crippen LogP contribution in [0.1, 0.15) is 84.1 Å². The number of carbonyl (C=O) groups is 3.